The van der Waals surface area contributed by atoms with E-state index in [2.05, 4.69) is 5.32 Å². The molecule has 0 atom stereocenters. The van der Waals surface area contributed by atoms with Crippen LogP contribution >= 0.6 is 0 Å². The quantitative estimate of drug-likeness (QED) is 0.679. The van der Waals surface area contributed by atoms with Gasteiger partial charge in [-0.1, -0.05) is 25.1 Å². The topological polar surface area (TPSA) is 94.2 Å². The molecule has 1 N–H and O–H groups in total. The smallest absolute Gasteiger partial charge is 0.409 e. The predicted molar refractivity (Wildman–Crippen MR) is 102 cm³/mol. The fourth-order valence-electron chi connectivity index (χ4n) is 2.95. The Hall–Kier alpha value is -2.77. The third-order valence-corrected chi connectivity index (χ3v) is 4.45. The number of carbonyl (C=O) groups is 3. The van der Waals surface area contributed by atoms with Crippen LogP contribution in [-0.4, -0.2) is 61.8 Å². The highest BCUT2D eigenvalue weighted by molar-refractivity contribution is 5.81. The standard InChI is InChI=1S/C20H28N2O6/c1-3-15-7-5-6-8-17(15)27-14-19(24)28-13-18(23)21-16-9-11-22(12-10-16)20(25)26-4-2/h5-8,16H,3-4,9-14H2,1-2H3,(H,21,23). The highest BCUT2D eigenvalue weighted by Gasteiger charge is 2.24. The van der Waals surface area contributed by atoms with Crippen LogP contribution in [0.25, 0.3) is 0 Å². The van der Waals surface area contributed by atoms with E-state index in [0.29, 0.717) is 38.3 Å². The largest absolute Gasteiger partial charge is 0.482 e. The van der Waals surface area contributed by atoms with Gasteiger partial charge in [0.1, 0.15) is 5.75 Å². The minimum absolute atomic E-state index is 0.0513. The number of amides is 2. The first kappa shape index (κ1) is 21.5. The van der Waals surface area contributed by atoms with Crippen LogP contribution in [0.2, 0.25) is 0 Å². The number of nitrogens with zero attached hydrogens (tertiary/aromatic N) is 1. The Balaban J connectivity index is 1.64. The molecule has 0 unspecified atom stereocenters. The summed E-state index contributed by atoms with van der Waals surface area (Å²) >= 11 is 0. The van der Waals surface area contributed by atoms with Crippen LogP contribution in [0, 0.1) is 0 Å². The van der Waals surface area contributed by atoms with Gasteiger partial charge in [0.15, 0.2) is 13.2 Å². The molecule has 1 aliphatic rings. The Morgan fingerprint density at radius 1 is 1.07 bits per heavy atom. The Kier molecular flexibility index (Phi) is 8.58. The number of esters is 1. The summed E-state index contributed by atoms with van der Waals surface area (Å²) in [6.45, 7) is 4.55. The number of nitrogens with one attached hydrogen (secondary N) is 1. The van der Waals surface area contributed by atoms with Crippen LogP contribution in [0.4, 0.5) is 4.79 Å². The fraction of sp³-hybridized carbons (Fsp3) is 0.550. The number of rotatable bonds is 8. The van der Waals surface area contributed by atoms with E-state index in [0.717, 1.165) is 12.0 Å². The molecule has 0 radical (unpaired) electrons. The zero-order chi connectivity index (χ0) is 20.4. The first-order valence-corrected chi connectivity index (χ1v) is 9.60. The summed E-state index contributed by atoms with van der Waals surface area (Å²) in [7, 11) is 0. The zero-order valence-electron chi connectivity index (χ0n) is 16.4. The van der Waals surface area contributed by atoms with E-state index in [9.17, 15) is 14.4 Å². The van der Waals surface area contributed by atoms with E-state index in [1.807, 2.05) is 25.1 Å². The normalized spacial score (nSPS) is 14.3. The van der Waals surface area contributed by atoms with Crippen molar-refractivity contribution < 1.29 is 28.6 Å². The maximum Gasteiger partial charge on any atom is 0.409 e. The molecule has 1 aliphatic heterocycles. The molecule has 0 aromatic heterocycles. The Morgan fingerprint density at radius 3 is 2.46 bits per heavy atom. The van der Waals surface area contributed by atoms with E-state index >= 15 is 0 Å². The average molecular weight is 392 g/mol. The lowest BCUT2D eigenvalue weighted by Gasteiger charge is -2.31. The van der Waals surface area contributed by atoms with Crippen molar-refractivity contribution in [1.29, 1.82) is 0 Å². The lowest BCUT2D eigenvalue weighted by atomic mass is 10.1. The van der Waals surface area contributed by atoms with Crippen molar-refractivity contribution in [2.75, 3.05) is 32.9 Å². The van der Waals surface area contributed by atoms with E-state index in [4.69, 9.17) is 14.2 Å². The van der Waals surface area contributed by atoms with Gasteiger partial charge >= 0.3 is 12.1 Å². The van der Waals surface area contributed by atoms with Crippen LogP contribution in [0.5, 0.6) is 5.75 Å². The molecular weight excluding hydrogens is 364 g/mol. The Bertz CT molecular complexity index is 670. The maximum atomic E-state index is 12.0. The Morgan fingerprint density at radius 2 is 1.79 bits per heavy atom. The third kappa shape index (κ3) is 6.75. The number of ether oxygens (including phenoxy) is 3. The lowest BCUT2D eigenvalue weighted by molar-refractivity contribution is -0.150. The molecule has 0 spiro atoms. The van der Waals surface area contributed by atoms with E-state index < -0.39 is 5.97 Å². The molecule has 1 saturated heterocycles. The molecular formula is C20H28N2O6. The van der Waals surface area contributed by atoms with Gasteiger partial charge in [0.05, 0.1) is 6.61 Å². The average Bonchev–Trinajstić information content (AvgIpc) is 2.71. The molecule has 2 amide bonds. The minimum atomic E-state index is -0.599. The highest BCUT2D eigenvalue weighted by Crippen LogP contribution is 2.18. The Labute approximate surface area is 165 Å². The van der Waals surface area contributed by atoms with Gasteiger partial charge in [-0.05, 0) is 37.8 Å². The zero-order valence-corrected chi connectivity index (χ0v) is 16.4. The lowest BCUT2D eigenvalue weighted by Crippen LogP contribution is -2.47. The number of benzene rings is 1. The molecule has 8 heteroatoms. The number of piperidine rings is 1. The number of aryl methyl sites for hydroxylation is 1. The summed E-state index contributed by atoms with van der Waals surface area (Å²) in [4.78, 5) is 37.1. The second kappa shape index (κ2) is 11.2. The highest BCUT2D eigenvalue weighted by atomic mass is 16.6. The summed E-state index contributed by atoms with van der Waals surface area (Å²) in [5, 5.41) is 2.82. The van der Waals surface area contributed by atoms with Crippen LogP contribution < -0.4 is 10.1 Å². The van der Waals surface area contributed by atoms with Crippen molar-refractivity contribution in [3.8, 4) is 5.75 Å². The first-order chi connectivity index (χ1) is 13.5. The summed E-state index contributed by atoms with van der Waals surface area (Å²) in [6, 6.07) is 7.42. The molecule has 1 aromatic rings. The van der Waals surface area contributed by atoms with Crippen LogP contribution in [-0.2, 0) is 25.5 Å². The van der Waals surface area contributed by atoms with Gasteiger partial charge in [-0.15, -0.1) is 0 Å². The molecule has 1 fully saturated rings. The van der Waals surface area contributed by atoms with Gasteiger partial charge in [0.25, 0.3) is 5.91 Å². The molecule has 8 nitrogen and oxygen atoms in total. The fourth-order valence-corrected chi connectivity index (χ4v) is 2.95. The van der Waals surface area contributed by atoms with Crippen LogP contribution in [0.15, 0.2) is 24.3 Å². The summed E-state index contributed by atoms with van der Waals surface area (Å²) in [5.41, 5.74) is 1.00. The van der Waals surface area contributed by atoms with Gasteiger partial charge in [-0.3, -0.25) is 4.79 Å². The van der Waals surface area contributed by atoms with Gasteiger partial charge in [-0.25, -0.2) is 9.59 Å². The van der Waals surface area contributed by atoms with Crippen molar-refractivity contribution in [2.24, 2.45) is 0 Å². The maximum absolute atomic E-state index is 12.0. The van der Waals surface area contributed by atoms with E-state index in [1.165, 1.54) is 0 Å². The SMILES string of the molecule is CCOC(=O)N1CCC(NC(=O)COC(=O)COc2ccccc2CC)CC1. The van der Waals surface area contributed by atoms with Crippen molar-refractivity contribution >= 4 is 18.0 Å². The van der Waals surface area contributed by atoms with E-state index in [-0.39, 0.29) is 31.3 Å². The van der Waals surface area contributed by atoms with Gasteiger partial charge in [0, 0.05) is 19.1 Å². The number of likely N-dealkylation sites (tertiary alicyclic amines) is 1. The van der Waals surface area contributed by atoms with Gasteiger partial charge in [-0.2, -0.15) is 0 Å². The first-order valence-electron chi connectivity index (χ1n) is 9.60. The van der Waals surface area contributed by atoms with Crippen LogP contribution in [0.3, 0.4) is 0 Å². The third-order valence-electron chi connectivity index (χ3n) is 4.45. The van der Waals surface area contributed by atoms with Crippen molar-refractivity contribution in [2.45, 2.75) is 39.2 Å². The monoisotopic (exact) mass is 392 g/mol. The molecule has 0 saturated carbocycles. The molecule has 0 aliphatic carbocycles. The van der Waals surface area contributed by atoms with Crippen molar-refractivity contribution in [1.82, 2.24) is 10.2 Å². The van der Waals surface area contributed by atoms with Gasteiger partial charge in [0.2, 0.25) is 0 Å². The summed E-state index contributed by atoms with van der Waals surface area (Å²) in [5.74, 6) is -0.324. The van der Waals surface area contributed by atoms with Crippen molar-refractivity contribution in [3.63, 3.8) is 0 Å². The number of hydrogen-bond donors (Lipinski definition) is 1. The minimum Gasteiger partial charge on any atom is -0.482 e. The second-order valence-electron chi connectivity index (χ2n) is 6.44. The second-order valence-corrected chi connectivity index (χ2v) is 6.44. The predicted octanol–water partition coefficient (Wildman–Crippen LogP) is 1.91. The number of carbonyl (C=O) groups excluding carboxylic acids is 3. The summed E-state index contributed by atoms with van der Waals surface area (Å²) < 4.78 is 15.4. The molecule has 0 bridgehead atoms. The van der Waals surface area contributed by atoms with Crippen molar-refractivity contribution in [3.05, 3.63) is 29.8 Å². The number of para-hydroxylation sites is 1. The van der Waals surface area contributed by atoms with E-state index in [1.54, 1.807) is 17.9 Å². The molecule has 1 heterocycles. The van der Waals surface area contributed by atoms with Crippen LogP contribution in [0.1, 0.15) is 32.3 Å². The number of hydrogen-bond acceptors (Lipinski definition) is 6. The summed E-state index contributed by atoms with van der Waals surface area (Å²) in [6.07, 6.45) is 1.74. The molecule has 2 rings (SSSR count). The molecule has 28 heavy (non-hydrogen) atoms. The molecule has 154 valence electrons. The molecule has 1 aromatic carbocycles. The van der Waals surface area contributed by atoms with Gasteiger partial charge < -0.3 is 24.4 Å².